The van der Waals surface area contributed by atoms with Gasteiger partial charge in [0.1, 0.15) is 0 Å². The lowest BCUT2D eigenvalue weighted by Crippen LogP contribution is -1.88. The minimum Gasteiger partial charge on any atom is -0.135 e. The smallest absolute Gasteiger partial charge is 0.0358 e. The molecule has 1 heteroatoms. The van der Waals surface area contributed by atoms with Crippen molar-refractivity contribution in [3.8, 4) is 10.4 Å². The summed E-state index contributed by atoms with van der Waals surface area (Å²) in [7, 11) is 0. The molecule has 1 heterocycles. The van der Waals surface area contributed by atoms with Crippen molar-refractivity contribution < 1.29 is 0 Å². The molecule has 3 aromatic rings. The average Bonchev–Trinajstić information content (AvgIpc) is 2.89. The van der Waals surface area contributed by atoms with E-state index in [2.05, 4.69) is 61.5 Å². The van der Waals surface area contributed by atoms with Crippen molar-refractivity contribution in [2.75, 3.05) is 0 Å². The molecule has 0 aliphatic heterocycles. The molecule has 0 spiro atoms. The summed E-state index contributed by atoms with van der Waals surface area (Å²) in [5.41, 5.74) is 2.90. The van der Waals surface area contributed by atoms with E-state index in [9.17, 15) is 0 Å². The molecule has 0 atom stereocenters. The summed E-state index contributed by atoms with van der Waals surface area (Å²) >= 11 is 1.90. The van der Waals surface area contributed by atoms with E-state index in [0.29, 0.717) is 0 Å². The first-order valence-corrected chi connectivity index (χ1v) is 7.77. The number of fused-ring (bicyclic) bond motifs is 1. The Morgan fingerprint density at radius 1 is 0.947 bits per heavy atom. The minimum atomic E-state index is 1.18. The zero-order valence-electron chi connectivity index (χ0n) is 11.2. The maximum atomic E-state index is 2.32. The van der Waals surface area contributed by atoms with Crippen LogP contribution in [0.1, 0.15) is 25.3 Å². The molecular weight excluding hydrogens is 248 g/mol. The normalized spacial score (nSPS) is 11.0. The molecule has 2 aromatic carbocycles. The van der Waals surface area contributed by atoms with Crippen molar-refractivity contribution in [1.82, 2.24) is 0 Å². The molecule has 0 nitrogen and oxygen atoms in total. The summed E-state index contributed by atoms with van der Waals surface area (Å²) in [5.74, 6) is 0. The molecule has 0 aliphatic rings. The van der Waals surface area contributed by atoms with Gasteiger partial charge in [-0.3, -0.25) is 0 Å². The second-order valence-electron chi connectivity index (χ2n) is 4.91. The Bertz CT molecular complexity index is 646. The van der Waals surface area contributed by atoms with Gasteiger partial charge in [-0.1, -0.05) is 55.8 Å². The third-order valence-electron chi connectivity index (χ3n) is 3.51. The Balaban J connectivity index is 2.05. The first-order chi connectivity index (χ1) is 9.38. The standard InChI is InChI=1S/C18H18S/c1-2-3-8-14-9-4-6-11-16(14)18-13-15-10-5-7-12-17(15)19-18/h4-7,9-13H,2-3,8H2,1H3. The van der Waals surface area contributed by atoms with Crippen molar-refractivity contribution in [3.63, 3.8) is 0 Å². The van der Waals surface area contributed by atoms with Crippen molar-refractivity contribution in [3.05, 3.63) is 60.2 Å². The molecule has 3 rings (SSSR count). The third-order valence-corrected chi connectivity index (χ3v) is 4.66. The number of hydrogen-bond acceptors (Lipinski definition) is 1. The van der Waals surface area contributed by atoms with Gasteiger partial charge >= 0.3 is 0 Å². The maximum absolute atomic E-state index is 2.32. The van der Waals surface area contributed by atoms with E-state index in [1.54, 1.807) is 0 Å². The Morgan fingerprint density at radius 3 is 2.58 bits per heavy atom. The van der Waals surface area contributed by atoms with Crippen molar-refractivity contribution >= 4 is 21.4 Å². The van der Waals surface area contributed by atoms with Gasteiger partial charge in [-0.25, -0.2) is 0 Å². The van der Waals surface area contributed by atoms with E-state index in [0.717, 1.165) is 0 Å². The van der Waals surface area contributed by atoms with E-state index >= 15 is 0 Å². The van der Waals surface area contributed by atoms with E-state index in [1.807, 2.05) is 11.3 Å². The van der Waals surface area contributed by atoms with E-state index < -0.39 is 0 Å². The number of aryl methyl sites for hydroxylation is 1. The Labute approximate surface area is 118 Å². The SMILES string of the molecule is CCCCc1ccccc1-c1cc2ccccc2s1. The molecule has 0 aliphatic carbocycles. The van der Waals surface area contributed by atoms with Crippen LogP contribution >= 0.6 is 11.3 Å². The molecule has 0 fully saturated rings. The fourth-order valence-electron chi connectivity index (χ4n) is 2.46. The number of hydrogen-bond donors (Lipinski definition) is 0. The van der Waals surface area contributed by atoms with E-state index in [1.165, 1.54) is 45.4 Å². The summed E-state index contributed by atoms with van der Waals surface area (Å²) in [6.45, 7) is 2.25. The maximum Gasteiger partial charge on any atom is 0.0358 e. The highest BCUT2D eigenvalue weighted by Gasteiger charge is 2.07. The molecule has 96 valence electrons. The largest absolute Gasteiger partial charge is 0.135 e. The van der Waals surface area contributed by atoms with Crippen LogP contribution in [0.4, 0.5) is 0 Å². The zero-order chi connectivity index (χ0) is 13.1. The molecule has 0 bridgehead atoms. The molecular formula is C18H18S. The number of benzene rings is 2. The molecule has 19 heavy (non-hydrogen) atoms. The lowest BCUT2D eigenvalue weighted by Gasteiger charge is -2.06. The van der Waals surface area contributed by atoms with Gasteiger partial charge in [0.2, 0.25) is 0 Å². The minimum absolute atomic E-state index is 1.18. The van der Waals surface area contributed by atoms with Crippen LogP contribution in [-0.2, 0) is 6.42 Å². The topological polar surface area (TPSA) is 0 Å². The molecule has 0 amide bonds. The number of unbranched alkanes of at least 4 members (excludes halogenated alkanes) is 1. The van der Waals surface area contributed by atoms with Crippen molar-refractivity contribution in [2.24, 2.45) is 0 Å². The van der Waals surface area contributed by atoms with Crippen LogP contribution in [0.15, 0.2) is 54.6 Å². The summed E-state index contributed by atoms with van der Waals surface area (Å²) < 4.78 is 1.38. The van der Waals surface area contributed by atoms with Gasteiger partial charge in [0, 0.05) is 9.58 Å². The van der Waals surface area contributed by atoms with Crippen LogP contribution in [-0.4, -0.2) is 0 Å². The zero-order valence-corrected chi connectivity index (χ0v) is 12.0. The summed E-state index contributed by atoms with van der Waals surface area (Å²) in [4.78, 5) is 1.40. The molecule has 0 N–H and O–H groups in total. The average molecular weight is 266 g/mol. The van der Waals surface area contributed by atoms with Crippen LogP contribution in [0, 0.1) is 0 Å². The highest BCUT2D eigenvalue weighted by Crippen LogP contribution is 2.35. The van der Waals surface area contributed by atoms with E-state index in [4.69, 9.17) is 0 Å². The fraction of sp³-hybridized carbons (Fsp3) is 0.222. The highest BCUT2D eigenvalue weighted by atomic mass is 32.1. The molecule has 1 aromatic heterocycles. The summed E-state index contributed by atoms with van der Waals surface area (Å²) in [6.07, 6.45) is 3.70. The van der Waals surface area contributed by atoms with Crippen molar-refractivity contribution in [1.29, 1.82) is 0 Å². The molecule has 0 saturated heterocycles. The lowest BCUT2D eigenvalue weighted by molar-refractivity contribution is 0.796. The number of rotatable bonds is 4. The Kier molecular flexibility index (Phi) is 3.65. The van der Waals surface area contributed by atoms with Gasteiger partial charge in [0.05, 0.1) is 0 Å². The lowest BCUT2D eigenvalue weighted by atomic mass is 10.0. The van der Waals surface area contributed by atoms with Gasteiger partial charge in [0.25, 0.3) is 0 Å². The first kappa shape index (κ1) is 12.4. The molecule has 0 saturated carbocycles. The predicted octanol–water partition coefficient (Wildman–Crippen LogP) is 5.91. The molecule has 0 unspecified atom stereocenters. The van der Waals surface area contributed by atoms with Crippen LogP contribution in [0.5, 0.6) is 0 Å². The van der Waals surface area contributed by atoms with Crippen LogP contribution in [0.25, 0.3) is 20.5 Å². The predicted molar refractivity (Wildman–Crippen MR) is 85.9 cm³/mol. The summed E-state index contributed by atoms with van der Waals surface area (Å²) in [5, 5.41) is 1.35. The van der Waals surface area contributed by atoms with E-state index in [-0.39, 0.29) is 0 Å². The van der Waals surface area contributed by atoms with Crippen molar-refractivity contribution in [2.45, 2.75) is 26.2 Å². The van der Waals surface area contributed by atoms with Gasteiger partial charge in [0.15, 0.2) is 0 Å². The first-order valence-electron chi connectivity index (χ1n) is 6.95. The molecule has 0 radical (unpaired) electrons. The fourth-order valence-corrected chi connectivity index (χ4v) is 3.58. The highest BCUT2D eigenvalue weighted by molar-refractivity contribution is 7.22. The van der Waals surface area contributed by atoms with Gasteiger partial charge < -0.3 is 0 Å². The van der Waals surface area contributed by atoms with Gasteiger partial charge in [-0.15, -0.1) is 11.3 Å². The van der Waals surface area contributed by atoms with Gasteiger partial charge in [-0.05, 0) is 41.5 Å². The second-order valence-corrected chi connectivity index (χ2v) is 5.99. The van der Waals surface area contributed by atoms with Crippen LogP contribution in [0.3, 0.4) is 0 Å². The summed E-state index contributed by atoms with van der Waals surface area (Å²) in [6, 6.07) is 19.8. The Morgan fingerprint density at radius 2 is 1.74 bits per heavy atom. The second kappa shape index (κ2) is 5.58. The third kappa shape index (κ3) is 2.57. The Hall–Kier alpha value is -1.60. The monoisotopic (exact) mass is 266 g/mol. The quantitative estimate of drug-likeness (QED) is 0.550. The van der Waals surface area contributed by atoms with Crippen LogP contribution in [0.2, 0.25) is 0 Å². The van der Waals surface area contributed by atoms with Gasteiger partial charge in [-0.2, -0.15) is 0 Å². The number of thiophene rings is 1. The van der Waals surface area contributed by atoms with Crippen LogP contribution < -0.4 is 0 Å².